The number of hydrogen-bond donors (Lipinski definition) is 1. The molecule has 0 saturated heterocycles. The maximum atomic E-state index is 12.4. The highest BCUT2D eigenvalue weighted by Gasteiger charge is 2.34. The van der Waals surface area contributed by atoms with Crippen LogP contribution in [0.25, 0.3) is 0 Å². The monoisotopic (exact) mass is 414 g/mol. The van der Waals surface area contributed by atoms with Crippen molar-refractivity contribution in [3.05, 3.63) is 57.4 Å². The van der Waals surface area contributed by atoms with Crippen molar-refractivity contribution in [2.24, 2.45) is 0 Å². The third-order valence-electron chi connectivity index (χ3n) is 4.19. The smallest absolute Gasteiger partial charge is 0.261 e. The third-order valence-corrected chi connectivity index (χ3v) is 5.28. The molecule has 1 aliphatic rings. The Morgan fingerprint density at radius 1 is 1.11 bits per heavy atom. The van der Waals surface area contributed by atoms with Gasteiger partial charge < -0.3 is 5.32 Å². The molecule has 0 atom stereocenters. The molecule has 3 heterocycles. The molecule has 1 N–H and O–H groups in total. The number of carbonyl (C=O) groups excluding carboxylic acids is 2. The lowest BCUT2D eigenvalue weighted by Gasteiger charge is -2.12. The van der Waals surface area contributed by atoms with E-state index in [2.05, 4.69) is 25.5 Å². The van der Waals surface area contributed by atoms with Gasteiger partial charge in [-0.2, -0.15) is 0 Å². The minimum atomic E-state index is -0.272. The zero-order chi connectivity index (χ0) is 19.7. The van der Waals surface area contributed by atoms with Gasteiger partial charge in [0.15, 0.2) is 0 Å². The number of nitrogens with one attached hydrogen (secondary N) is 1. The van der Waals surface area contributed by atoms with E-state index in [0.717, 1.165) is 0 Å². The minimum Gasteiger partial charge on any atom is -0.315 e. The van der Waals surface area contributed by atoms with Crippen molar-refractivity contribution in [3.8, 4) is 0 Å². The van der Waals surface area contributed by atoms with Gasteiger partial charge in [-0.1, -0.05) is 42.0 Å². The van der Waals surface area contributed by atoms with Gasteiger partial charge in [0.1, 0.15) is 21.8 Å². The first kappa shape index (κ1) is 18.5. The van der Waals surface area contributed by atoms with Crippen molar-refractivity contribution < 1.29 is 9.59 Å². The summed E-state index contributed by atoms with van der Waals surface area (Å²) < 4.78 is 0. The SMILES string of the molecule is CCc1nc(Cl)cc(Nc2nnc(CCN3C(=O)c4ccccc4C3=O)s2)n1. The second-order valence-corrected chi connectivity index (χ2v) is 7.48. The predicted molar refractivity (Wildman–Crippen MR) is 105 cm³/mol. The molecule has 0 spiro atoms. The Bertz CT molecular complexity index is 1030. The number of amides is 2. The molecule has 4 rings (SSSR count). The number of imide groups is 1. The molecule has 28 heavy (non-hydrogen) atoms. The summed E-state index contributed by atoms with van der Waals surface area (Å²) in [6.07, 6.45) is 1.09. The Balaban J connectivity index is 1.42. The molecule has 0 unspecified atom stereocenters. The summed E-state index contributed by atoms with van der Waals surface area (Å²) in [6.45, 7) is 2.19. The number of aryl methyl sites for hydroxylation is 1. The van der Waals surface area contributed by atoms with Crippen LogP contribution >= 0.6 is 22.9 Å². The lowest BCUT2D eigenvalue weighted by molar-refractivity contribution is 0.0656. The summed E-state index contributed by atoms with van der Waals surface area (Å²) in [5.41, 5.74) is 0.888. The third kappa shape index (κ3) is 3.58. The number of hydrogen-bond acceptors (Lipinski definition) is 8. The summed E-state index contributed by atoms with van der Waals surface area (Å²) in [4.78, 5) is 34.5. The van der Waals surface area contributed by atoms with E-state index in [1.165, 1.54) is 16.2 Å². The van der Waals surface area contributed by atoms with Crippen LogP contribution in [0.2, 0.25) is 5.15 Å². The largest absolute Gasteiger partial charge is 0.315 e. The normalized spacial score (nSPS) is 13.1. The van der Waals surface area contributed by atoms with Crippen LogP contribution in [-0.2, 0) is 12.8 Å². The highest BCUT2D eigenvalue weighted by molar-refractivity contribution is 7.15. The molecule has 0 fully saturated rings. The number of anilines is 2. The molecular formula is C18H15ClN6O2S. The van der Waals surface area contributed by atoms with Gasteiger partial charge in [-0.3, -0.25) is 14.5 Å². The molecule has 10 heteroatoms. The molecule has 0 radical (unpaired) electrons. The predicted octanol–water partition coefficient (Wildman–Crippen LogP) is 3.13. The van der Waals surface area contributed by atoms with Gasteiger partial charge in [-0.05, 0) is 12.1 Å². The molecule has 0 aliphatic carbocycles. The molecule has 2 amide bonds. The molecular weight excluding hydrogens is 400 g/mol. The first-order valence-electron chi connectivity index (χ1n) is 8.63. The highest BCUT2D eigenvalue weighted by Crippen LogP contribution is 2.25. The molecule has 1 aromatic carbocycles. The van der Waals surface area contributed by atoms with Gasteiger partial charge >= 0.3 is 0 Å². The van der Waals surface area contributed by atoms with Crippen LogP contribution in [0.15, 0.2) is 30.3 Å². The first-order chi connectivity index (χ1) is 13.5. The van der Waals surface area contributed by atoms with Crippen LogP contribution in [-0.4, -0.2) is 43.4 Å². The molecule has 1 aliphatic heterocycles. The lowest BCUT2D eigenvalue weighted by Crippen LogP contribution is -2.31. The van der Waals surface area contributed by atoms with E-state index < -0.39 is 0 Å². The van der Waals surface area contributed by atoms with Crippen molar-refractivity contribution in [1.29, 1.82) is 0 Å². The fourth-order valence-electron chi connectivity index (χ4n) is 2.85. The summed E-state index contributed by atoms with van der Waals surface area (Å²) in [7, 11) is 0. The fraction of sp³-hybridized carbons (Fsp3) is 0.222. The number of carbonyl (C=O) groups is 2. The quantitative estimate of drug-likeness (QED) is 0.488. The average molecular weight is 415 g/mol. The molecule has 3 aromatic rings. The summed E-state index contributed by atoms with van der Waals surface area (Å²) in [5.74, 6) is 0.627. The van der Waals surface area contributed by atoms with Gasteiger partial charge in [0.05, 0.1) is 11.1 Å². The van der Waals surface area contributed by atoms with Gasteiger partial charge in [0.2, 0.25) is 5.13 Å². The standard InChI is InChI=1S/C18H15ClN6O2S/c1-2-13-20-12(19)9-14(21-13)22-18-24-23-15(28-18)7-8-25-16(26)10-5-3-4-6-11(10)17(25)27/h3-6,9H,2,7-8H2,1H3,(H,20,21,22,24). The zero-order valence-corrected chi connectivity index (χ0v) is 16.4. The lowest BCUT2D eigenvalue weighted by atomic mass is 10.1. The van der Waals surface area contributed by atoms with Crippen molar-refractivity contribution in [3.63, 3.8) is 0 Å². The van der Waals surface area contributed by atoms with E-state index in [-0.39, 0.29) is 18.4 Å². The maximum Gasteiger partial charge on any atom is 0.261 e. The van der Waals surface area contributed by atoms with E-state index in [1.54, 1.807) is 30.3 Å². The molecule has 0 saturated carbocycles. The van der Waals surface area contributed by atoms with Crippen molar-refractivity contribution >= 4 is 45.7 Å². The maximum absolute atomic E-state index is 12.4. The van der Waals surface area contributed by atoms with Gasteiger partial charge in [0, 0.05) is 25.5 Å². The number of rotatable bonds is 6. The van der Waals surface area contributed by atoms with E-state index in [9.17, 15) is 9.59 Å². The van der Waals surface area contributed by atoms with E-state index >= 15 is 0 Å². The van der Waals surface area contributed by atoms with Gasteiger partial charge in [0.25, 0.3) is 11.8 Å². The van der Waals surface area contributed by atoms with Crippen LogP contribution in [0.1, 0.15) is 38.5 Å². The van der Waals surface area contributed by atoms with Crippen LogP contribution in [0.3, 0.4) is 0 Å². The van der Waals surface area contributed by atoms with Crippen LogP contribution < -0.4 is 5.32 Å². The van der Waals surface area contributed by atoms with E-state index in [0.29, 0.717) is 50.9 Å². The van der Waals surface area contributed by atoms with E-state index in [4.69, 9.17) is 11.6 Å². The van der Waals surface area contributed by atoms with Gasteiger partial charge in [-0.15, -0.1) is 10.2 Å². The second-order valence-electron chi connectivity index (χ2n) is 6.03. The molecule has 2 aromatic heterocycles. The Hall–Kier alpha value is -2.91. The first-order valence-corrected chi connectivity index (χ1v) is 9.82. The highest BCUT2D eigenvalue weighted by atomic mass is 35.5. The topological polar surface area (TPSA) is 101 Å². The Labute approximate surface area is 169 Å². The molecule has 8 nitrogen and oxygen atoms in total. The zero-order valence-electron chi connectivity index (χ0n) is 14.8. The second kappa shape index (κ2) is 7.61. The number of halogens is 1. The average Bonchev–Trinajstić information content (AvgIpc) is 3.23. The number of fused-ring (bicyclic) bond motifs is 1. The molecule has 0 bridgehead atoms. The summed E-state index contributed by atoms with van der Waals surface area (Å²) >= 11 is 7.33. The van der Waals surface area contributed by atoms with Crippen LogP contribution in [0, 0.1) is 0 Å². The van der Waals surface area contributed by atoms with Crippen LogP contribution in [0.5, 0.6) is 0 Å². The number of benzene rings is 1. The minimum absolute atomic E-state index is 0.250. The summed E-state index contributed by atoms with van der Waals surface area (Å²) in [5, 5.41) is 12.9. The van der Waals surface area contributed by atoms with E-state index in [1.807, 2.05) is 6.92 Å². The fourth-order valence-corrected chi connectivity index (χ4v) is 3.79. The number of aromatic nitrogens is 4. The molecule has 142 valence electrons. The van der Waals surface area contributed by atoms with Crippen molar-refractivity contribution in [2.75, 3.05) is 11.9 Å². The Kier molecular flexibility index (Phi) is 5.01. The Morgan fingerprint density at radius 2 is 1.82 bits per heavy atom. The van der Waals surface area contributed by atoms with Crippen molar-refractivity contribution in [2.45, 2.75) is 19.8 Å². The Morgan fingerprint density at radius 3 is 2.50 bits per heavy atom. The number of nitrogens with zero attached hydrogens (tertiary/aromatic N) is 5. The van der Waals surface area contributed by atoms with Crippen molar-refractivity contribution in [1.82, 2.24) is 25.1 Å². The summed E-state index contributed by atoms with van der Waals surface area (Å²) in [6, 6.07) is 8.44. The van der Waals surface area contributed by atoms with Gasteiger partial charge in [-0.25, -0.2) is 9.97 Å². The van der Waals surface area contributed by atoms with Crippen LogP contribution in [0.4, 0.5) is 10.9 Å².